The number of nitrogens with one attached hydrogen (secondary N) is 1. The maximum atomic E-state index is 5.37. The number of ether oxygens (including phenoxy) is 1. The zero-order valence-corrected chi connectivity index (χ0v) is 16.4. The van der Waals surface area contributed by atoms with Crippen LogP contribution in [0.15, 0.2) is 10.3 Å². The Kier molecular flexibility index (Phi) is 9.79. The van der Waals surface area contributed by atoms with Gasteiger partial charge >= 0.3 is 0 Å². The van der Waals surface area contributed by atoms with Crippen molar-refractivity contribution in [2.45, 2.75) is 42.9 Å². The summed E-state index contributed by atoms with van der Waals surface area (Å²) in [6, 6.07) is 0. The average molecular weight is 372 g/mol. The van der Waals surface area contributed by atoms with Crippen LogP contribution in [0.3, 0.4) is 0 Å². The molecule has 1 fully saturated rings. The number of hydrogen-bond acceptors (Lipinski definition) is 8. The second-order valence-corrected chi connectivity index (χ2v) is 7.55. The SMILES string of the molecule is CCCCCCSc1nc(NCCN2CCOCC2)nc(SC)n1. The van der Waals surface area contributed by atoms with Gasteiger partial charge in [0.05, 0.1) is 13.2 Å². The fourth-order valence-electron chi connectivity index (χ4n) is 2.42. The van der Waals surface area contributed by atoms with Gasteiger partial charge in [0.2, 0.25) is 5.95 Å². The molecule has 0 spiro atoms. The summed E-state index contributed by atoms with van der Waals surface area (Å²) in [7, 11) is 0. The molecule has 0 radical (unpaired) electrons. The Morgan fingerprint density at radius 2 is 1.88 bits per heavy atom. The van der Waals surface area contributed by atoms with Crippen molar-refractivity contribution in [2.24, 2.45) is 0 Å². The molecule has 136 valence electrons. The van der Waals surface area contributed by atoms with E-state index in [9.17, 15) is 0 Å². The highest BCUT2D eigenvalue weighted by Crippen LogP contribution is 2.20. The summed E-state index contributed by atoms with van der Waals surface area (Å²) in [6.07, 6.45) is 7.09. The largest absolute Gasteiger partial charge is 0.379 e. The van der Waals surface area contributed by atoms with Gasteiger partial charge < -0.3 is 10.1 Å². The lowest BCUT2D eigenvalue weighted by Crippen LogP contribution is -2.39. The highest BCUT2D eigenvalue weighted by Gasteiger charge is 2.10. The van der Waals surface area contributed by atoms with Crippen molar-refractivity contribution < 1.29 is 4.74 Å². The van der Waals surface area contributed by atoms with E-state index in [-0.39, 0.29) is 0 Å². The Balaban J connectivity index is 1.78. The molecule has 0 aromatic carbocycles. The molecule has 0 bridgehead atoms. The van der Waals surface area contributed by atoms with E-state index >= 15 is 0 Å². The maximum Gasteiger partial charge on any atom is 0.227 e. The van der Waals surface area contributed by atoms with Crippen molar-refractivity contribution in [1.29, 1.82) is 0 Å². The van der Waals surface area contributed by atoms with E-state index in [0.29, 0.717) is 5.95 Å². The van der Waals surface area contributed by atoms with Crippen LogP contribution in [0.1, 0.15) is 32.6 Å². The summed E-state index contributed by atoms with van der Waals surface area (Å²) in [5.41, 5.74) is 0. The number of aromatic nitrogens is 3. The first-order chi connectivity index (χ1) is 11.8. The van der Waals surface area contributed by atoms with Gasteiger partial charge in [-0.05, 0) is 12.7 Å². The lowest BCUT2D eigenvalue weighted by Gasteiger charge is -2.26. The molecule has 1 aliphatic rings. The van der Waals surface area contributed by atoms with Gasteiger partial charge in [0.25, 0.3) is 0 Å². The summed E-state index contributed by atoms with van der Waals surface area (Å²) in [4.78, 5) is 15.9. The third-order valence-electron chi connectivity index (χ3n) is 3.82. The van der Waals surface area contributed by atoms with E-state index in [0.717, 1.165) is 55.5 Å². The van der Waals surface area contributed by atoms with Crippen molar-refractivity contribution in [3.05, 3.63) is 0 Å². The second kappa shape index (κ2) is 11.9. The highest BCUT2D eigenvalue weighted by molar-refractivity contribution is 7.99. The van der Waals surface area contributed by atoms with Crippen LogP contribution in [0.2, 0.25) is 0 Å². The van der Waals surface area contributed by atoms with Crippen LogP contribution in [-0.4, -0.2) is 71.3 Å². The smallest absolute Gasteiger partial charge is 0.227 e. The molecule has 1 aliphatic heterocycles. The molecule has 8 heteroatoms. The normalized spacial score (nSPS) is 15.6. The van der Waals surface area contributed by atoms with Gasteiger partial charge in [-0.1, -0.05) is 49.7 Å². The van der Waals surface area contributed by atoms with Crippen LogP contribution in [0.5, 0.6) is 0 Å². The minimum absolute atomic E-state index is 0.693. The number of unbranched alkanes of at least 4 members (excludes halogenated alkanes) is 3. The number of anilines is 1. The first-order valence-corrected chi connectivity index (χ1v) is 11.0. The molecule has 2 heterocycles. The first kappa shape index (κ1) is 19.8. The highest BCUT2D eigenvalue weighted by atomic mass is 32.2. The zero-order valence-electron chi connectivity index (χ0n) is 14.8. The van der Waals surface area contributed by atoms with Crippen LogP contribution < -0.4 is 5.32 Å². The average Bonchev–Trinajstić information content (AvgIpc) is 2.62. The summed E-state index contributed by atoms with van der Waals surface area (Å²) >= 11 is 3.30. The van der Waals surface area contributed by atoms with Crippen LogP contribution in [-0.2, 0) is 4.74 Å². The minimum Gasteiger partial charge on any atom is -0.379 e. The maximum absolute atomic E-state index is 5.37. The van der Waals surface area contributed by atoms with Gasteiger partial charge in [-0.2, -0.15) is 15.0 Å². The summed E-state index contributed by atoms with van der Waals surface area (Å²) in [5.74, 6) is 1.77. The Hall–Kier alpha value is -0.570. The molecule has 0 atom stereocenters. The van der Waals surface area contributed by atoms with E-state index in [4.69, 9.17) is 4.74 Å². The topological polar surface area (TPSA) is 63.2 Å². The van der Waals surface area contributed by atoms with Gasteiger partial charge in [0.1, 0.15) is 0 Å². The fourth-order valence-corrected chi connectivity index (χ4v) is 3.66. The summed E-state index contributed by atoms with van der Waals surface area (Å²) < 4.78 is 5.37. The standard InChI is InChI=1S/C16H29N5OS2/c1-3-4-5-6-13-24-16-19-14(18-15(20-16)23-2)17-7-8-21-9-11-22-12-10-21/h3-13H2,1-2H3,(H,17,18,19,20). The van der Waals surface area contributed by atoms with E-state index < -0.39 is 0 Å². The van der Waals surface area contributed by atoms with Gasteiger partial charge in [-0.15, -0.1) is 0 Å². The number of nitrogens with zero attached hydrogens (tertiary/aromatic N) is 4. The van der Waals surface area contributed by atoms with Crippen molar-refractivity contribution in [2.75, 3.05) is 56.7 Å². The van der Waals surface area contributed by atoms with Crippen LogP contribution in [0.4, 0.5) is 5.95 Å². The molecule has 24 heavy (non-hydrogen) atoms. The molecule has 0 aliphatic carbocycles. The molecule has 1 aromatic rings. The predicted molar refractivity (Wildman–Crippen MR) is 102 cm³/mol. The molecule has 6 nitrogen and oxygen atoms in total. The minimum atomic E-state index is 0.693. The van der Waals surface area contributed by atoms with Crippen LogP contribution >= 0.6 is 23.5 Å². The predicted octanol–water partition coefficient (Wildman–Crippen LogP) is 3.01. The molecule has 2 rings (SSSR count). The molecular formula is C16H29N5OS2. The molecule has 0 saturated carbocycles. The molecular weight excluding hydrogens is 342 g/mol. The van der Waals surface area contributed by atoms with Crippen molar-refractivity contribution in [3.63, 3.8) is 0 Å². The van der Waals surface area contributed by atoms with Gasteiger partial charge in [0, 0.05) is 31.9 Å². The third kappa shape index (κ3) is 7.55. The van der Waals surface area contributed by atoms with Crippen LogP contribution in [0, 0.1) is 0 Å². The number of thioether (sulfide) groups is 2. The molecule has 0 unspecified atom stereocenters. The van der Waals surface area contributed by atoms with Gasteiger partial charge in [0.15, 0.2) is 10.3 Å². The molecule has 0 amide bonds. The quantitative estimate of drug-likeness (QED) is 0.470. The monoisotopic (exact) mass is 371 g/mol. The lowest BCUT2D eigenvalue weighted by molar-refractivity contribution is 0.0398. The van der Waals surface area contributed by atoms with E-state index in [1.807, 2.05) is 6.26 Å². The second-order valence-electron chi connectivity index (χ2n) is 5.72. The Labute approximate surface area is 153 Å². The number of rotatable bonds is 11. The fraction of sp³-hybridized carbons (Fsp3) is 0.812. The Morgan fingerprint density at radius 1 is 1.08 bits per heavy atom. The van der Waals surface area contributed by atoms with E-state index in [2.05, 4.69) is 32.1 Å². The van der Waals surface area contributed by atoms with Crippen LogP contribution in [0.25, 0.3) is 0 Å². The Bertz CT molecular complexity index is 472. The van der Waals surface area contributed by atoms with E-state index in [1.165, 1.54) is 25.7 Å². The molecule has 1 saturated heterocycles. The van der Waals surface area contributed by atoms with Gasteiger partial charge in [-0.25, -0.2) is 0 Å². The Morgan fingerprint density at radius 3 is 2.62 bits per heavy atom. The van der Waals surface area contributed by atoms with Crippen molar-refractivity contribution in [3.8, 4) is 0 Å². The summed E-state index contributed by atoms with van der Waals surface area (Å²) in [6.45, 7) is 7.75. The van der Waals surface area contributed by atoms with E-state index in [1.54, 1.807) is 23.5 Å². The first-order valence-electron chi connectivity index (χ1n) is 8.78. The van der Waals surface area contributed by atoms with Crippen molar-refractivity contribution >= 4 is 29.5 Å². The van der Waals surface area contributed by atoms with Gasteiger partial charge in [-0.3, -0.25) is 4.90 Å². The zero-order chi connectivity index (χ0) is 17.0. The lowest BCUT2D eigenvalue weighted by atomic mass is 10.2. The number of morpholine rings is 1. The molecule has 1 aromatic heterocycles. The third-order valence-corrected chi connectivity index (χ3v) is 5.30. The molecule has 1 N–H and O–H groups in total. The van der Waals surface area contributed by atoms with Crippen molar-refractivity contribution in [1.82, 2.24) is 19.9 Å². The summed E-state index contributed by atoms with van der Waals surface area (Å²) in [5, 5.41) is 4.97. The number of hydrogen-bond donors (Lipinski definition) is 1.